The second-order valence-electron chi connectivity index (χ2n) is 5.47. The van der Waals surface area contributed by atoms with E-state index in [2.05, 4.69) is 30.7 Å². The predicted molar refractivity (Wildman–Crippen MR) is 90.8 cm³/mol. The molecule has 0 atom stereocenters. The van der Waals surface area contributed by atoms with E-state index in [4.69, 9.17) is 10.5 Å². The number of aromatic nitrogens is 7. The number of H-pyrrole nitrogens is 1. The number of tetrazole rings is 1. The molecule has 4 aromatic rings. The Balaban J connectivity index is 1.86. The van der Waals surface area contributed by atoms with Crippen LogP contribution in [-0.2, 0) is 0 Å². The number of nitrogens with two attached hydrogens (primary N) is 1. The molecule has 3 heterocycles. The first-order valence-electron chi connectivity index (χ1n) is 7.66. The van der Waals surface area contributed by atoms with Gasteiger partial charge in [0.05, 0.1) is 18.9 Å². The number of hydrogen-bond donors (Lipinski definition) is 2. The van der Waals surface area contributed by atoms with Gasteiger partial charge in [0.2, 0.25) is 5.82 Å². The van der Waals surface area contributed by atoms with Gasteiger partial charge in [0, 0.05) is 23.5 Å². The molecule has 0 spiro atoms. The van der Waals surface area contributed by atoms with Gasteiger partial charge in [-0.1, -0.05) is 0 Å². The van der Waals surface area contributed by atoms with Gasteiger partial charge in [-0.2, -0.15) is 14.2 Å². The summed E-state index contributed by atoms with van der Waals surface area (Å²) in [6.07, 6.45) is 4.85. The van der Waals surface area contributed by atoms with Gasteiger partial charge in [0.25, 0.3) is 0 Å². The van der Waals surface area contributed by atoms with Crippen LogP contribution >= 0.6 is 0 Å². The number of nitrogen functional groups attached to an aromatic ring is 1. The van der Waals surface area contributed by atoms with E-state index < -0.39 is 11.6 Å². The zero-order chi connectivity index (χ0) is 19.0. The lowest BCUT2D eigenvalue weighted by Crippen LogP contribution is -2.07. The number of pyridine rings is 1. The van der Waals surface area contributed by atoms with E-state index in [1.54, 1.807) is 24.7 Å². The van der Waals surface area contributed by atoms with Crippen LogP contribution in [0, 0.1) is 11.6 Å². The molecule has 0 fully saturated rings. The van der Waals surface area contributed by atoms with Gasteiger partial charge in [0.15, 0.2) is 17.4 Å². The Kier molecular flexibility index (Phi) is 3.95. The number of aromatic amines is 1. The van der Waals surface area contributed by atoms with Gasteiger partial charge in [-0.05, 0) is 28.6 Å². The number of ether oxygens (including phenoxy) is 1. The van der Waals surface area contributed by atoms with Crippen molar-refractivity contribution in [3.05, 3.63) is 48.4 Å². The molecule has 3 N–H and O–H groups in total. The molecule has 0 saturated carbocycles. The Labute approximate surface area is 150 Å². The molecular weight excluding hydrogens is 358 g/mol. The molecule has 0 radical (unpaired) electrons. The zero-order valence-electron chi connectivity index (χ0n) is 13.9. The third kappa shape index (κ3) is 2.74. The first-order chi connectivity index (χ1) is 13.1. The minimum absolute atomic E-state index is 0.105. The van der Waals surface area contributed by atoms with Crippen molar-refractivity contribution in [1.29, 1.82) is 0 Å². The summed E-state index contributed by atoms with van der Waals surface area (Å²) in [5.41, 5.74) is 7.59. The minimum atomic E-state index is -1.15. The zero-order valence-corrected chi connectivity index (χ0v) is 13.9. The molecule has 0 amide bonds. The molecule has 3 aromatic heterocycles. The maximum absolute atomic E-state index is 14.5. The maximum atomic E-state index is 14.5. The van der Waals surface area contributed by atoms with E-state index in [1.165, 1.54) is 19.2 Å². The second-order valence-corrected chi connectivity index (χ2v) is 5.47. The Hall–Kier alpha value is -3.89. The summed E-state index contributed by atoms with van der Waals surface area (Å²) >= 11 is 0. The lowest BCUT2D eigenvalue weighted by atomic mass is 10.1. The molecule has 136 valence electrons. The summed E-state index contributed by atoms with van der Waals surface area (Å²) in [6, 6.07) is 4.27. The monoisotopic (exact) mass is 370 g/mol. The molecule has 0 unspecified atom stereocenters. The Bertz CT molecular complexity index is 1110. The minimum Gasteiger partial charge on any atom is -0.494 e. The van der Waals surface area contributed by atoms with Crippen molar-refractivity contribution in [3.8, 4) is 34.0 Å². The summed E-state index contributed by atoms with van der Waals surface area (Å²) < 4.78 is 34.4. The molecule has 0 aliphatic rings. The summed E-state index contributed by atoms with van der Waals surface area (Å²) in [4.78, 5) is 4.13. The van der Waals surface area contributed by atoms with Crippen molar-refractivity contribution in [2.24, 2.45) is 0 Å². The molecule has 0 aliphatic carbocycles. The van der Waals surface area contributed by atoms with Crippen molar-refractivity contribution in [2.75, 3.05) is 12.8 Å². The SMILES string of the molecule is COc1ccc(-n2nnnc2-c2cc(-c3cn[nH]c3)cnc2N)c(F)c1F. The molecule has 1 aromatic carbocycles. The van der Waals surface area contributed by atoms with Crippen LogP contribution in [0.1, 0.15) is 0 Å². The Morgan fingerprint density at radius 3 is 2.74 bits per heavy atom. The van der Waals surface area contributed by atoms with Gasteiger partial charge in [-0.3, -0.25) is 5.10 Å². The first-order valence-corrected chi connectivity index (χ1v) is 7.66. The van der Waals surface area contributed by atoms with Gasteiger partial charge < -0.3 is 10.5 Å². The number of nitrogens with one attached hydrogen (secondary N) is 1. The quantitative estimate of drug-likeness (QED) is 0.563. The third-order valence-electron chi connectivity index (χ3n) is 3.94. The topological polar surface area (TPSA) is 120 Å². The second kappa shape index (κ2) is 6.44. The highest BCUT2D eigenvalue weighted by Gasteiger charge is 2.21. The summed E-state index contributed by atoms with van der Waals surface area (Å²) in [7, 11) is 1.24. The van der Waals surface area contributed by atoms with E-state index in [0.29, 0.717) is 11.1 Å². The van der Waals surface area contributed by atoms with Crippen LogP contribution < -0.4 is 10.5 Å². The molecular formula is C16H12F2N8O. The van der Waals surface area contributed by atoms with E-state index in [1.807, 2.05) is 0 Å². The normalized spacial score (nSPS) is 10.9. The van der Waals surface area contributed by atoms with Crippen molar-refractivity contribution in [3.63, 3.8) is 0 Å². The Morgan fingerprint density at radius 1 is 1.15 bits per heavy atom. The van der Waals surface area contributed by atoms with E-state index in [-0.39, 0.29) is 23.1 Å². The van der Waals surface area contributed by atoms with Gasteiger partial charge >= 0.3 is 0 Å². The van der Waals surface area contributed by atoms with Gasteiger partial charge in [-0.25, -0.2) is 9.37 Å². The van der Waals surface area contributed by atoms with E-state index in [9.17, 15) is 8.78 Å². The maximum Gasteiger partial charge on any atom is 0.202 e. The number of halogens is 2. The summed E-state index contributed by atoms with van der Waals surface area (Å²) in [5.74, 6) is -2.29. The predicted octanol–water partition coefficient (Wildman–Crippen LogP) is 1.98. The lowest BCUT2D eigenvalue weighted by Gasteiger charge is -2.10. The third-order valence-corrected chi connectivity index (χ3v) is 3.94. The van der Waals surface area contributed by atoms with Gasteiger partial charge in [0.1, 0.15) is 11.5 Å². The summed E-state index contributed by atoms with van der Waals surface area (Å²) in [6.45, 7) is 0. The number of anilines is 1. The highest BCUT2D eigenvalue weighted by molar-refractivity contribution is 5.76. The molecule has 0 saturated heterocycles. The number of hydrogen-bond acceptors (Lipinski definition) is 7. The lowest BCUT2D eigenvalue weighted by molar-refractivity contribution is 0.371. The standard InChI is InChI=1S/C16H12F2N8O/c1-27-12-3-2-11(13(17)14(12)18)26-16(23-24-25-26)10-4-8(5-20-15(10)19)9-6-21-22-7-9/h2-7H,1H3,(H2,19,20)(H,21,22). The number of rotatable bonds is 4. The van der Waals surface area contributed by atoms with Crippen LogP contribution in [-0.4, -0.2) is 42.5 Å². The van der Waals surface area contributed by atoms with E-state index in [0.717, 1.165) is 10.2 Å². The average molecular weight is 370 g/mol. The average Bonchev–Trinajstić information content (AvgIpc) is 3.36. The van der Waals surface area contributed by atoms with Crippen LogP contribution in [0.25, 0.3) is 28.2 Å². The largest absolute Gasteiger partial charge is 0.494 e. The van der Waals surface area contributed by atoms with Crippen LogP contribution in [0.15, 0.2) is 36.8 Å². The van der Waals surface area contributed by atoms with Crippen molar-refractivity contribution in [2.45, 2.75) is 0 Å². The molecule has 0 bridgehead atoms. The molecule has 11 heteroatoms. The van der Waals surface area contributed by atoms with Crippen molar-refractivity contribution in [1.82, 2.24) is 35.4 Å². The fourth-order valence-electron chi connectivity index (χ4n) is 2.58. The summed E-state index contributed by atoms with van der Waals surface area (Å²) in [5, 5.41) is 17.8. The molecule has 27 heavy (non-hydrogen) atoms. The highest BCUT2D eigenvalue weighted by atomic mass is 19.2. The highest BCUT2D eigenvalue weighted by Crippen LogP contribution is 2.31. The fraction of sp³-hybridized carbons (Fsp3) is 0.0625. The van der Waals surface area contributed by atoms with Crippen molar-refractivity contribution < 1.29 is 13.5 Å². The van der Waals surface area contributed by atoms with E-state index >= 15 is 0 Å². The number of methoxy groups -OCH3 is 1. The molecule has 9 nitrogen and oxygen atoms in total. The smallest absolute Gasteiger partial charge is 0.202 e. The number of nitrogens with zero attached hydrogens (tertiary/aromatic N) is 6. The molecule has 0 aliphatic heterocycles. The van der Waals surface area contributed by atoms with Crippen LogP contribution in [0.4, 0.5) is 14.6 Å². The van der Waals surface area contributed by atoms with Crippen LogP contribution in [0.2, 0.25) is 0 Å². The van der Waals surface area contributed by atoms with Gasteiger partial charge in [-0.15, -0.1) is 5.10 Å². The first kappa shape index (κ1) is 16.6. The number of benzene rings is 1. The van der Waals surface area contributed by atoms with Crippen LogP contribution in [0.3, 0.4) is 0 Å². The molecule has 4 rings (SSSR count). The van der Waals surface area contributed by atoms with Crippen molar-refractivity contribution >= 4 is 5.82 Å². The fourth-order valence-corrected chi connectivity index (χ4v) is 2.58. The Morgan fingerprint density at radius 2 is 2.00 bits per heavy atom. The van der Waals surface area contributed by atoms with Crippen LogP contribution in [0.5, 0.6) is 5.75 Å².